The second-order valence-electron chi connectivity index (χ2n) is 1.59. The third kappa shape index (κ3) is 5.38. The van der Waals surface area contributed by atoms with Gasteiger partial charge < -0.3 is 4.43 Å². The summed E-state index contributed by atoms with van der Waals surface area (Å²) in [4.78, 5) is 0. The Kier molecular flexibility index (Phi) is 8.93. The molecule has 0 aromatic rings. The fourth-order valence-electron chi connectivity index (χ4n) is 0.499. The molecule has 0 saturated carbocycles. The van der Waals surface area contributed by atoms with Crippen molar-refractivity contribution in [2.45, 2.75) is 18.8 Å². The zero-order valence-corrected chi connectivity index (χ0v) is 8.18. The molecule has 0 aliphatic rings. The summed E-state index contributed by atoms with van der Waals surface area (Å²) in [6.45, 7) is 1.64. The molecule has 0 aromatic carbocycles. The Bertz CT molecular complexity index is 163. The number of rotatable bonds is 3. The van der Waals surface area contributed by atoms with Crippen molar-refractivity contribution < 1.29 is 17.4 Å². The first-order chi connectivity index (χ1) is 4.02. The van der Waals surface area contributed by atoms with Crippen LogP contribution in [-0.4, -0.2) is 80.3 Å². The Hall–Kier alpha value is 1.72. The molecule has 58 valence electrons. The molecule has 0 spiro atoms. The van der Waals surface area contributed by atoms with Crippen LogP contribution in [0, 0.1) is 0 Å². The molecule has 0 saturated heterocycles. The van der Waals surface area contributed by atoms with Crippen molar-refractivity contribution in [3.63, 3.8) is 0 Å². The maximum absolute atomic E-state index is 10.2. The molecule has 10 heavy (non-hydrogen) atoms. The van der Waals surface area contributed by atoms with Crippen LogP contribution in [0.5, 0.6) is 0 Å². The first-order valence-corrected chi connectivity index (χ1v) is 4.83. The molecule has 1 atom stereocenters. The van der Waals surface area contributed by atoms with Crippen LogP contribution in [0.2, 0.25) is 0 Å². The Morgan fingerprint density at radius 1 is 1.70 bits per heavy atom. The van der Waals surface area contributed by atoms with Gasteiger partial charge >= 0.3 is 51.4 Å². The van der Waals surface area contributed by atoms with Gasteiger partial charge in [0, 0.05) is 0 Å². The number of hydrogen-bond donors (Lipinski definition) is 1. The van der Waals surface area contributed by atoms with E-state index in [2.05, 4.69) is 4.43 Å². The van der Waals surface area contributed by atoms with Gasteiger partial charge in [-0.05, 0) is 6.42 Å². The first-order valence-electron chi connectivity index (χ1n) is 2.51. The predicted molar refractivity (Wildman–Crippen MR) is 43.8 cm³/mol. The third-order valence-electron chi connectivity index (χ3n) is 0.928. The predicted octanol–water partition coefficient (Wildman–Crippen LogP) is -1.74. The summed E-state index contributed by atoms with van der Waals surface area (Å²) in [5.74, 6) is 0. The van der Waals surface area contributed by atoms with E-state index < -0.39 is 15.6 Å². The summed E-state index contributed by atoms with van der Waals surface area (Å²) in [5, 5.41) is 0. The molecular weight excluding hydrogens is 199 g/mol. The Labute approximate surface area is 106 Å². The van der Waals surface area contributed by atoms with Gasteiger partial charge in [0.2, 0.25) is 0 Å². The van der Waals surface area contributed by atoms with Crippen LogP contribution in [0.1, 0.15) is 13.3 Å². The van der Waals surface area contributed by atoms with Crippen LogP contribution in [0.3, 0.4) is 0 Å². The molecular formula is C3H11KO4SSi. The molecule has 1 N–H and O–H groups in total. The van der Waals surface area contributed by atoms with Crippen molar-refractivity contribution in [3.05, 3.63) is 0 Å². The van der Waals surface area contributed by atoms with Gasteiger partial charge in [0.15, 0.2) is 5.44 Å². The Morgan fingerprint density at radius 2 is 2.10 bits per heavy atom. The molecule has 0 aliphatic heterocycles. The molecule has 7 heteroatoms. The number of hydrogen-bond acceptors (Lipinski definition) is 3. The van der Waals surface area contributed by atoms with Crippen molar-refractivity contribution in [3.8, 4) is 0 Å². The van der Waals surface area contributed by atoms with Crippen LogP contribution in [0.25, 0.3) is 0 Å². The van der Waals surface area contributed by atoms with Crippen molar-refractivity contribution >= 4 is 72.0 Å². The van der Waals surface area contributed by atoms with E-state index >= 15 is 0 Å². The zero-order valence-electron chi connectivity index (χ0n) is 5.36. The summed E-state index contributed by atoms with van der Waals surface area (Å²) >= 11 is 0. The summed E-state index contributed by atoms with van der Waals surface area (Å²) in [6, 6.07) is 0. The van der Waals surface area contributed by atoms with E-state index in [9.17, 15) is 8.42 Å². The van der Waals surface area contributed by atoms with E-state index in [1.807, 2.05) is 0 Å². The van der Waals surface area contributed by atoms with Crippen LogP contribution in [-0.2, 0) is 14.5 Å². The van der Waals surface area contributed by atoms with Crippen LogP contribution in [0.4, 0.5) is 0 Å². The standard InChI is InChI=1S/C3H10O4SSi.K.H/c1-2-3(7-9)8(4,5)6;;/h3H,2H2,1,9H3,(H,4,5,6);;. The van der Waals surface area contributed by atoms with E-state index in [4.69, 9.17) is 4.55 Å². The fourth-order valence-corrected chi connectivity index (χ4v) is 2.23. The summed E-state index contributed by atoms with van der Waals surface area (Å²) in [5.41, 5.74) is -1.01. The van der Waals surface area contributed by atoms with E-state index in [-0.39, 0.29) is 51.4 Å². The van der Waals surface area contributed by atoms with Gasteiger partial charge in [-0.3, -0.25) is 4.55 Å². The monoisotopic (exact) mass is 210 g/mol. The van der Waals surface area contributed by atoms with Crippen molar-refractivity contribution in [1.29, 1.82) is 0 Å². The normalized spacial score (nSPS) is 14.2. The van der Waals surface area contributed by atoms with Crippen molar-refractivity contribution in [2.75, 3.05) is 0 Å². The maximum atomic E-state index is 10.2. The van der Waals surface area contributed by atoms with Crippen molar-refractivity contribution in [2.24, 2.45) is 0 Å². The summed E-state index contributed by atoms with van der Waals surface area (Å²) in [6.07, 6.45) is 0.294. The quantitative estimate of drug-likeness (QED) is 0.444. The van der Waals surface area contributed by atoms with Crippen molar-refractivity contribution in [1.82, 2.24) is 0 Å². The van der Waals surface area contributed by atoms with E-state index in [1.54, 1.807) is 6.92 Å². The molecule has 0 aromatic heterocycles. The average Bonchev–Trinajstić information content (AvgIpc) is 1.65. The Balaban J connectivity index is 0. The SMILES string of the molecule is CCC(O[SiH3])S(=O)(=O)O.[KH]. The Morgan fingerprint density at radius 3 is 2.10 bits per heavy atom. The molecule has 0 amide bonds. The fraction of sp³-hybridized carbons (Fsp3) is 1.00. The molecule has 0 aliphatic carbocycles. The van der Waals surface area contributed by atoms with Gasteiger partial charge in [-0.2, -0.15) is 8.42 Å². The molecule has 0 heterocycles. The second kappa shape index (κ2) is 6.26. The average molecular weight is 210 g/mol. The first kappa shape index (κ1) is 14.3. The van der Waals surface area contributed by atoms with E-state index in [0.717, 1.165) is 0 Å². The van der Waals surface area contributed by atoms with E-state index in [1.165, 1.54) is 0 Å². The van der Waals surface area contributed by atoms with E-state index in [0.29, 0.717) is 16.9 Å². The molecule has 0 rings (SSSR count). The molecule has 1 unspecified atom stereocenters. The molecule has 0 bridgehead atoms. The third-order valence-corrected chi connectivity index (χ3v) is 3.03. The topological polar surface area (TPSA) is 63.6 Å². The zero-order chi connectivity index (χ0) is 7.49. The van der Waals surface area contributed by atoms with Gasteiger partial charge in [0.1, 0.15) is 10.5 Å². The minimum absolute atomic E-state index is 0. The molecule has 0 fully saturated rings. The van der Waals surface area contributed by atoms with Gasteiger partial charge in [0.25, 0.3) is 10.1 Å². The van der Waals surface area contributed by atoms with Gasteiger partial charge in [-0.1, -0.05) is 6.92 Å². The molecule has 0 radical (unpaired) electrons. The van der Waals surface area contributed by atoms with Crippen LogP contribution >= 0.6 is 0 Å². The molecule has 4 nitrogen and oxygen atoms in total. The van der Waals surface area contributed by atoms with Crippen LogP contribution in [0.15, 0.2) is 0 Å². The minimum atomic E-state index is -3.95. The van der Waals surface area contributed by atoms with Gasteiger partial charge in [-0.15, -0.1) is 0 Å². The summed E-state index contributed by atoms with van der Waals surface area (Å²) in [7, 11) is -3.63. The summed E-state index contributed by atoms with van der Waals surface area (Å²) < 4.78 is 33.4. The second-order valence-corrected chi connectivity index (χ2v) is 3.62. The van der Waals surface area contributed by atoms with Gasteiger partial charge in [-0.25, -0.2) is 0 Å². The van der Waals surface area contributed by atoms with Crippen LogP contribution < -0.4 is 0 Å². The van der Waals surface area contributed by atoms with Gasteiger partial charge in [0.05, 0.1) is 0 Å².